The monoisotopic (exact) mass is 434 g/mol. The second kappa shape index (κ2) is 8.39. The number of rotatable bonds is 4. The number of hydrogen-bond acceptors (Lipinski definition) is 4. The van der Waals surface area contributed by atoms with Crippen LogP contribution in [0.1, 0.15) is 16.7 Å². The van der Waals surface area contributed by atoms with Crippen LogP contribution in [-0.2, 0) is 9.59 Å². The molecule has 0 spiro atoms. The van der Waals surface area contributed by atoms with E-state index in [-0.39, 0.29) is 11.4 Å². The molecular weight excluding hydrogens is 419 g/mol. The van der Waals surface area contributed by atoms with Crippen molar-refractivity contribution in [3.8, 4) is 0 Å². The van der Waals surface area contributed by atoms with Crippen molar-refractivity contribution in [1.82, 2.24) is 4.90 Å². The fourth-order valence-corrected chi connectivity index (χ4v) is 3.70. The zero-order valence-corrected chi connectivity index (χ0v) is 17.4. The number of carbonyl (C=O) groups is 3. The van der Waals surface area contributed by atoms with Crippen LogP contribution in [0.2, 0.25) is 10.0 Å². The van der Waals surface area contributed by atoms with Gasteiger partial charge in [0.2, 0.25) is 5.91 Å². The van der Waals surface area contributed by atoms with Crippen molar-refractivity contribution in [3.63, 3.8) is 0 Å². The maximum atomic E-state index is 12.5. The Bertz CT molecular complexity index is 1020. The zero-order valence-electron chi connectivity index (χ0n) is 15.1. The Morgan fingerprint density at radius 3 is 2.50 bits per heavy atom. The molecule has 0 radical (unpaired) electrons. The molecule has 0 bridgehead atoms. The summed E-state index contributed by atoms with van der Waals surface area (Å²) in [5.41, 5.74) is 3.40. The molecule has 144 valence electrons. The van der Waals surface area contributed by atoms with Crippen LogP contribution < -0.4 is 5.32 Å². The summed E-state index contributed by atoms with van der Waals surface area (Å²) in [5, 5.41) is 2.96. The normalized spacial score (nSPS) is 15.4. The molecule has 3 amide bonds. The Kier molecular flexibility index (Phi) is 6.13. The first-order valence-corrected chi connectivity index (χ1v) is 9.89. The quantitative estimate of drug-likeness (QED) is 0.664. The van der Waals surface area contributed by atoms with Crippen LogP contribution in [-0.4, -0.2) is 28.5 Å². The lowest BCUT2D eigenvalue weighted by molar-refractivity contribution is -0.127. The van der Waals surface area contributed by atoms with Crippen LogP contribution in [0.3, 0.4) is 0 Å². The Hall–Kier alpha value is -2.28. The molecule has 1 heterocycles. The van der Waals surface area contributed by atoms with Gasteiger partial charge in [0.25, 0.3) is 11.1 Å². The molecule has 0 aromatic heterocycles. The first-order valence-electron chi connectivity index (χ1n) is 8.32. The minimum absolute atomic E-state index is 0.224. The van der Waals surface area contributed by atoms with E-state index < -0.39 is 17.1 Å². The summed E-state index contributed by atoms with van der Waals surface area (Å²) in [5.74, 6) is -0.961. The molecule has 1 fully saturated rings. The average Bonchev–Trinajstić information content (AvgIpc) is 2.89. The van der Waals surface area contributed by atoms with E-state index in [0.29, 0.717) is 21.3 Å². The first kappa shape index (κ1) is 20.5. The van der Waals surface area contributed by atoms with Gasteiger partial charge in [0.05, 0.1) is 15.0 Å². The van der Waals surface area contributed by atoms with Gasteiger partial charge in [0, 0.05) is 5.69 Å². The number of thioether (sulfide) groups is 1. The predicted molar refractivity (Wildman–Crippen MR) is 114 cm³/mol. The average molecular weight is 435 g/mol. The topological polar surface area (TPSA) is 66.5 Å². The van der Waals surface area contributed by atoms with Gasteiger partial charge in [-0.1, -0.05) is 35.3 Å². The highest BCUT2D eigenvalue weighted by molar-refractivity contribution is 8.18. The van der Waals surface area contributed by atoms with E-state index in [2.05, 4.69) is 5.32 Å². The van der Waals surface area contributed by atoms with Crippen LogP contribution in [0.5, 0.6) is 0 Å². The van der Waals surface area contributed by atoms with E-state index in [4.69, 9.17) is 23.2 Å². The van der Waals surface area contributed by atoms with Gasteiger partial charge in [-0.3, -0.25) is 19.3 Å². The number of imide groups is 1. The molecule has 3 rings (SSSR count). The fraction of sp³-hybridized carbons (Fsp3) is 0.150. The summed E-state index contributed by atoms with van der Waals surface area (Å²) in [4.78, 5) is 38.2. The Balaban J connectivity index is 1.70. The molecule has 5 nitrogen and oxygen atoms in total. The maximum Gasteiger partial charge on any atom is 0.294 e. The minimum Gasteiger partial charge on any atom is -0.325 e. The third-order valence-corrected chi connectivity index (χ3v) is 5.85. The Morgan fingerprint density at radius 1 is 1.07 bits per heavy atom. The van der Waals surface area contributed by atoms with Crippen molar-refractivity contribution in [2.45, 2.75) is 13.8 Å². The number of carbonyl (C=O) groups excluding carboxylic acids is 3. The number of aryl methyl sites for hydroxylation is 2. The Morgan fingerprint density at radius 2 is 1.82 bits per heavy atom. The van der Waals surface area contributed by atoms with Gasteiger partial charge in [-0.25, -0.2) is 0 Å². The molecule has 0 unspecified atom stereocenters. The lowest BCUT2D eigenvalue weighted by atomic mass is 10.1. The van der Waals surface area contributed by atoms with Crippen molar-refractivity contribution < 1.29 is 14.4 Å². The molecule has 8 heteroatoms. The molecule has 1 aliphatic rings. The van der Waals surface area contributed by atoms with E-state index >= 15 is 0 Å². The van der Waals surface area contributed by atoms with Gasteiger partial charge in [0.15, 0.2) is 0 Å². The van der Waals surface area contributed by atoms with Crippen molar-refractivity contribution >= 4 is 63.8 Å². The highest BCUT2D eigenvalue weighted by Gasteiger charge is 2.36. The molecule has 0 atom stereocenters. The van der Waals surface area contributed by atoms with Gasteiger partial charge in [-0.15, -0.1) is 0 Å². The van der Waals surface area contributed by atoms with Gasteiger partial charge in [0.1, 0.15) is 6.54 Å². The molecular formula is C20H16Cl2N2O3S. The van der Waals surface area contributed by atoms with Crippen LogP contribution in [0.15, 0.2) is 41.3 Å². The molecule has 1 saturated heterocycles. The number of halogens is 2. The molecule has 1 N–H and O–H groups in total. The van der Waals surface area contributed by atoms with Crippen LogP contribution in [0.25, 0.3) is 6.08 Å². The van der Waals surface area contributed by atoms with E-state index in [0.717, 1.165) is 27.8 Å². The highest BCUT2D eigenvalue weighted by Crippen LogP contribution is 2.33. The lowest BCUT2D eigenvalue weighted by Gasteiger charge is -2.13. The predicted octanol–water partition coefficient (Wildman–Crippen LogP) is 5.29. The SMILES string of the molecule is Cc1ccc(NC(=O)CN2C(=O)S/C(=C/c3ccc(Cl)c(Cl)c3)C2=O)cc1C. The highest BCUT2D eigenvalue weighted by atomic mass is 35.5. The van der Waals surface area contributed by atoms with Gasteiger partial charge in [-0.2, -0.15) is 0 Å². The molecule has 2 aromatic carbocycles. The van der Waals surface area contributed by atoms with Crippen LogP contribution in [0.4, 0.5) is 10.5 Å². The van der Waals surface area contributed by atoms with Crippen molar-refractivity contribution in [2.24, 2.45) is 0 Å². The molecule has 28 heavy (non-hydrogen) atoms. The summed E-state index contributed by atoms with van der Waals surface area (Å²) >= 11 is 12.6. The van der Waals surface area contributed by atoms with Gasteiger partial charge < -0.3 is 5.32 Å². The van der Waals surface area contributed by atoms with E-state index in [9.17, 15) is 14.4 Å². The summed E-state index contributed by atoms with van der Waals surface area (Å²) in [6, 6.07) is 10.4. The maximum absolute atomic E-state index is 12.5. The van der Waals surface area contributed by atoms with Crippen molar-refractivity contribution in [2.75, 3.05) is 11.9 Å². The van der Waals surface area contributed by atoms with Crippen molar-refractivity contribution in [3.05, 3.63) is 68.0 Å². The Labute approximate surface area is 176 Å². The second-order valence-electron chi connectivity index (χ2n) is 6.29. The fourth-order valence-electron chi connectivity index (χ4n) is 2.55. The third kappa shape index (κ3) is 4.58. The second-order valence-corrected chi connectivity index (χ2v) is 8.10. The lowest BCUT2D eigenvalue weighted by Crippen LogP contribution is -2.36. The molecule has 0 aliphatic carbocycles. The number of benzene rings is 2. The van der Waals surface area contributed by atoms with Crippen LogP contribution >= 0.6 is 35.0 Å². The zero-order chi connectivity index (χ0) is 20.4. The van der Waals surface area contributed by atoms with Gasteiger partial charge in [-0.05, 0) is 72.6 Å². The van der Waals surface area contributed by atoms with E-state index in [1.807, 2.05) is 26.0 Å². The summed E-state index contributed by atoms with van der Waals surface area (Å²) in [6.07, 6.45) is 1.55. The van der Waals surface area contributed by atoms with Crippen molar-refractivity contribution in [1.29, 1.82) is 0 Å². The summed E-state index contributed by atoms with van der Waals surface area (Å²) in [6.45, 7) is 3.56. The van der Waals surface area contributed by atoms with E-state index in [1.54, 1.807) is 30.3 Å². The van der Waals surface area contributed by atoms with Crippen LogP contribution in [0, 0.1) is 13.8 Å². The number of nitrogens with one attached hydrogen (secondary N) is 1. The van der Waals surface area contributed by atoms with Gasteiger partial charge >= 0.3 is 0 Å². The van der Waals surface area contributed by atoms with E-state index in [1.165, 1.54) is 0 Å². The number of hydrogen-bond donors (Lipinski definition) is 1. The summed E-state index contributed by atoms with van der Waals surface area (Å²) < 4.78 is 0. The molecule has 0 saturated carbocycles. The third-order valence-electron chi connectivity index (χ3n) is 4.21. The summed E-state index contributed by atoms with van der Waals surface area (Å²) in [7, 11) is 0. The largest absolute Gasteiger partial charge is 0.325 e. The smallest absolute Gasteiger partial charge is 0.294 e. The standard InChI is InChI=1S/C20H16Cl2N2O3S/c1-11-3-5-14(7-12(11)2)23-18(25)10-24-19(26)17(28-20(24)27)9-13-4-6-15(21)16(22)8-13/h3-9H,10H2,1-2H3,(H,23,25)/b17-9+. The molecule has 2 aromatic rings. The number of nitrogens with zero attached hydrogens (tertiary/aromatic N) is 1. The minimum atomic E-state index is -0.517. The number of anilines is 1. The molecule has 1 aliphatic heterocycles. The first-order chi connectivity index (χ1) is 13.2. The number of amides is 3.